The highest BCUT2D eigenvalue weighted by Crippen LogP contribution is 2.49. The fourth-order valence-corrected chi connectivity index (χ4v) is 6.91. The van der Waals surface area contributed by atoms with Gasteiger partial charge in [0.25, 0.3) is 0 Å². The molecular formula is C32H34FN6O8P. The first-order valence-corrected chi connectivity index (χ1v) is 16.5. The Balaban J connectivity index is 1.24. The van der Waals surface area contributed by atoms with Gasteiger partial charge in [-0.05, 0) is 30.9 Å². The van der Waals surface area contributed by atoms with E-state index in [1.807, 2.05) is 36.4 Å². The van der Waals surface area contributed by atoms with Crippen molar-refractivity contribution >= 4 is 41.6 Å². The summed E-state index contributed by atoms with van der Waals surface area (Å²) in [6, 6.07) is 20.3. The number of imidazole rings is 1. The van der Waals surface area contributed by atoms with Gasteiger partial charge in [0.15, 0.2) is 23.6 Å². The second-order valence-corrected chi connectivity index (χ2v) is 13.1. The average molecular weight is 681 g/mol. The predicted molar refractivity (Wildman–Crippen MR) is 173 cm³/mol. The van der Waals surface area contributed by atoms with Gasteiger partial charge in [0.1, 0.15) is 30.1 Å². The molecule has 4 N–H and O–H groups in total. The Kier molecular flexibility index (Phi) is 9.32. The Hall–Kier alpha value is -4.66. The van der Waals surface area contributed by atoms with Crippen molar-refractivity contribution in [2.24, 2.45) is 0 Å². The number of carbonyl (C=O) groups excluding carboxylic acids is 1. The van der Waals surface area contributed by atoms with Crippen LogP contribution >= 0.6 is 7.75 Å². The van der Waals surface area contributed by atoms with Gasteiger partial charge in [0.2, 0.25) is 11.8 Å². The lowest BCUT2D eigenvalue weighted by Gasteiger charge is -2.26. The number of methoxy groups -OCH3 is 1. The van der Waals surface area contributed by atoms with Crippen molar-refractivity contribution in [2.75, 3.05) is 19.5 Å². The van der Waals surface area contributed by atoms with E-state index in [2.05, 4.69) is 20.0 Å². The molecule has 3 heterocycles. The summed E-state index contributed by atoms with van der Waals surface area (Å²) in [5, 5.41) is 15.3. The molecule has 6 atom stereocenters. The molecule has 0 spiro atoms. The van der Waals surface area contributed by atoms with Crippen LogP contribution in [0.3, 0.4) is 0 Å². The number of hydrogen-bond acceptors (Lipinski definition) is 12. The van der Waals surface area contributed by atoms with Gasteiger partial charge in [-0.15, -0.1) is 0 Å². The topological polar surface area (TPSA) is 182 Å². The lowest BCUT2D eigenvalue weighted by molar-refractivity contribution is -0.146. The first-order chi connectivity index (χ1) is 23.0. The quantitative estimate of drug-likeness (QED) is 0.124. The van der Waals surface area contributed by atoms with E-state index in [9.17, 15) is 14.5 Å². The number of fused-ring (bicyclic) bond motifs is 2. The third kappa shape index (κ3) is 6.68. The van der Waals surface area contributed by atoms with Gasteiger partial charge in [-0.25, -0.2) is 13.9 Å². The average Bonchev–Trinajstić information content (AvgIpc) is 3.59. The Morgan fingerprint density at radius 2 is 1.88 bits per heavy atom. The molecule has 252 valence electrons. The molecule has 48 heavy (non-hydrogen) atoms. The van der Waals surface area contributed by atoms with Crippen molar-refractivity contribution in [3.05, 3.63) is 84.7 Å². The van der Waals surface area contributed by atoms with Gasteiger partial charge in [0, 0.05) is 5.39 Å². The molecule has 6 unspecified atom stereocenters. The molecule has 0 saturated carbocycles. The molecule has 6 rings (SSSR count). The number of nitrogens with zero attached hydrogens (tertiary/aromatic N) is 4. The largest absolute Gasteiger partial charge is 0.479 e. The number of ether oxygens (including phenoxy) is 3. The summed E-state index contributed by atoms with van der Waals surface area (Å²) in [7, 11) is -3.08. The van der Waals surface area contributed by atoms with Crippen molar-refractivity contribution in [3.8, 4) is 11.6 Å². The Morgan fingerprint density at radius 3 is 2.65 bits per heavy atom. The highest BCUT2D eigenvalue weighted by atomic mass is 31.2. The normalized spacial score (nSPS) is 22.7. The number of carbonyl (C=O) groups is 1. The van der Waals surface area contributed by atoms with Crippen LogP contribution in [0.25, 0.3) is 21.9 Å². The van der Waals surface area contributed by atoms with Gasteiger partial charge in [-0.2, -0.15) is 15.1 Å². The van der Waals surface area contributed by atoms with Crippen molar-refractivity contribution < 1.29 is 42.1 Å². The number of nitrogens with two attached hydrogens (primary N) is 1. The fraction of sp³-hybridized carbons (Fsp3) is 0.312. The molecule has 14 nitrogen and oxygen atoms in total. The predicted octanol–water partition coefficient (Wildman–Crippen LogP) is 4.48. The number of halogens is 1. The molecule has 0 bridgehead atoms. The highest BCUT2D eigenvalue weighted by molar-refractivity contribution is 7.52. The van der Waals surface area contributed by atoms with Crippen LogP contribution in [-0.4, -0.2) is 68.2 Å². The third-order valence-corrected chi connectivity index (χ3v) is 9.48. The minimum Gasteiger partial charge on any atom is -0.479 e. The van der Waals surface area contributed by atoms with Crippen LogP contribution in [0, 0.1) is 0 Å². The number of nitrogens with one attached hydrogen (secondary N) is 1. The summed E-state index contributed by atoms with van der Waals surface area (Å²) in [5.41, 5.74) is 4.81. The van der Waals surface area contributed by atoms with E-state index in [1.165, 1.54) is 31.9 Å². The van der Waals surface area contributed by atoms with Crippen LogP contribution in [0.15, 0.2) is 79.1 Å². The summed E-state index contributed by atoms with van der Waals surface area (Å²) in [6.45, 7) is 2.02. The number of rotatable bonds is 12. The monoisotopic (exact) mass is 680 g/mol. The Morgan fingerprint density at radius 1 is 1.15 bits per heavy atom. The Bertz CT molecular complexity index is 1970. The van der Waals surface area contributed by atoms with Crippen molar-refractivity contribution in [3.63, 3.8) is 0 Å². The smallest absolute Gasteiger partial charge is 0.459 e. The lowest BCUT2D eigenvalue weighted by atomic mass is 9.98. The van der Waals surface area contributed by atoms with Crippen molar-refractivity contribution in [1.82, 2.24) is 24.6 Å². The second-order valence-electron chi connectivity index (χ2n) is 11.4. The maximum Gasteiger partial charge on any atom is 0.459 e. The number of hydrogen-bond donors (Lipinski definition) is 3. The molecule has 2 aromatic heterocycles. The number of aromatic nitrogens is 4. The molecule has 3 aromatic carbocycles. The van der Waals surface area contributed by atoms with E-state index >= 15 is 4.39 Å². The van der Waals surface area contributed by atoms with Gasteiger partial charge in [-0.1, -0.05) is 66.7 Å². The summed E-state index contributed by atoms with van der Waals surface area (Å²) >= 11 is 0. The number of benzene rings is 3. The molecular weight excluding hydrogens is 646 g/mol. The standard InChI is InChI=1S/C32H34FN6O8P/c1-19(29(40)44-16-20-10-5-4-6-11-20)38-48(42,47-23-15-9-13-21-12-7-8-14-22(21)23)45-17-24-26(33)32(2,41)30(46-24)39-18-35-25-27(39)36-31(34)37-28(25)43-3/h4-15,18-19,24,26,30,41H,16-17H2,1-3H3,(H,38,42)(H2,34,36,37). The van der Waals surface area contributed by atoms with E-state index in [1.54, 1.807) is 36.4 Å². The van der Waals surface area contributed by atoms with E-state index < -0.39 is 50.5 Å². The van der Waals surface area contributed by atoms with Crippen LogP contribution < -0.4 is 20.1 Å². The van der Waals surface area contributed by atoms with Gasteiger partial charge in [-0.3, -0.25) is 13.9 Å². The van der Waals surface area contributed by atoms with Crippen LogP contribution in [0.1, 0.15) is 25.6 Å². The SMILES string of the molecule is COc1nc(N)nc2c1ncn2C1OC(COP(=O)(NC(C)C(=O)OCc2ccccc2)Oc2cccc3ccccc23)C(F)C1(C)O. The van der Waals surface area contributed by atoms with E-state index in [4.69, 9.17) is 29.0 Å². The minimum atomic E-state index is -4.46. The zero-order valence-corrected chi connectivity index (χ0v) is 27.1. The first-order valence-electron chi connectivity index (χ1n) is 15.0. The molecule has 1 fully saturated rings. The molecule has 0 aliphatic carbocycles. The van der Waals surface area contributed by atoms with Gasteiger partial charge < -0.3 is 29.6 Å². The molecule has 5 aromatic rings. The molecule has 1 aliphatic heterocycles. The first kappa shape index (κ1) is 33.2. The zero-order chi connectivity index (χ0) is 34.1. The van der Waals surface area contributed by atoms with E-state index in [0.717, 1.165) is 10.9 Å². The van der Waals surface area contributed by atoms with Crippen LogP contribution in [0.2, 0.25) is 0 Å². The Labute approximate surface area is 274 Å². The van der Waals surface area contributed by atoms with Gasteiger partial charge in [0.05, 0.1) is 20.0 Å². The molecule has 16 heteroatoms. The minimum absolute atomic E-state index is 0.0116. The number of alkyl halides is 1. The number of nitrogen functional groups attached to an aromatic ring is 1. The van der Waals surface area contributed by atoms with E-state index in [-0.39, 0.29) is 35.3 Å². The summed E-state index contributed by atoms with van der Waals surface area (Å²) in [6.07, 6.45) is -3.56. The van der Waals surface area contributed by atoms with E-state index in [0.29, 0.717) is 5.39 Å². The fourth-order valence-electron chi connectivity index (χ4n) is 5.39. The maximum atomic E-state index is 15.9. The molecule has 0 radical (unpaired) electrons. The molecule has 1 saturated heterocycles. The molecule has 1 aliphatic rings. The molecule has 0 amide bonds. The zero-order valence-electron chi connectivity index (χ0n) is 26.2. The number of esters is 1. The van der Waals surface area contributed by atoms with Crippen LogP contribution in [-0.2, 0) is 30.0 Å². The van der Waals surface area contributed by atoms with Crippen LogP contribution in [0.4, 0.5) is 10.3 Å². The third-order valence-electron chi connectivity index (χ3n) is 7.85. The second kappa shape index (κ2) is 13.5. The van der Waals surface area contributed by atoms with Crippen LogP contribution in [0.5, 0.6) is 11.6 Å². The lowest BCUT2D eigenvalue weighted by Crippen LogP contribution is -2.42. The number of aliphatic hydroxyl groups is 1. The maximum absolute atomic E-state index is 15.9. The van der Waals surface area contributed by atoms with Gasteiger partial charge >= 0.3 is 13.7 Å². The summed E-state index contributed by atoms with van der Waals surface area (Å²) in [5.74, 6) is -0.584. The van der Waals surface area contributed by atoms with Crippen molar-refractivity contribution in [1.29, 1.82) is 0 Å². The highest BCUT2D eigenvalue weighted by Gasteiger charge is 2.55. The van der Waals surface area contributed by atoms with Crippen molar-refractivity contribution in [2.45, 2.75) is 50.6 Å². The summed E-state index contributed by atoms with van der Waals surface area (Å²) in [4.78, 5) is 25.3. The summed E-state index contributed by atoms with van der Waals surface area (Å²) < 4.78 is 59.9. The number of anilines is 1.